The van der Waals surface area contributed by atoms with Crippen molar-refractivity contribution in [3.8, 4) is 11.3 Å². The summed E-state index contributed by atoms with van der Waals surface area (Å²) in [5.74, 6) is 0. The molecule has 0 bridgehead atoms. The third-order valence-electron chi connectivity index (χ3n) is 6.15. The highest BCUT2D eigenvalue weighted by Crippen LogP contribution is 2.34. The average molecular weight is 445 g/mol. The first kappa shape index (κ1) is 23.0. The van der Waals surface area contributed by atoms with E-state index >= 15 is 0 Å². The van der Waals surface area contributed by atoms with E-state index in [4.69, 9.17) is 4.98 Å². The molecule has 0 saturated heterocycles. The summed E-state index contributed by atoms with van der Waals surface area (Å²) in [6, 6.07) is 12.3. The van der Waals surface area contributed by atoms with Gasteiger partial charge in [-0.3, -0.25) is 15.1 Å². The Labute approximate surface area is 194 Å². The number of benzene rings is 1. The molecule has 0 amide bonds. The third kappa shape index (κ3) is 4.49. The minimum atomic E-state index is -0.945. The lowest BCUT2D eigenvalue weighted by molar-refractivity contribution is 0.138. The van der Waals surface area contributed by atoms with Crippen LogP contribution in [0.25, 0.3) is 22.2 Å². The van der Waals surface area contributed by atoms with Gasteiger partial charge in [-0.15, -0.1) is 0 Å². The molecule has 1 unspecified atom stereocenters. The Morgan fingerprint density at radius 1 is 1.09 bits per heavy atom. The van der Waals surface area contributed by atoms with Gasteiger partial charge in [0, 0.05) is 57.8 Å². The second-order valence-corrected chi connectivity index (χ2v) is 9.16. The number of hydrogen-bond acceptors (Lipinski definition) is 4. The van der Waals surface area contributed by atoms with Crippen LogP contribution in [0.15, 0.2) is 47.4 Å². The van der Waals surface area contributed by atoms with Crippen LogP contribution in [0.4, 0.5) is 0 Å². The topological polar surface area (TPSA) is 82.9 Å². The zero-order valence-electron chi connectivity index (χ0n) is 20.2. The van der Waals surface area contributed by atoms with Gasteiger partial charge in [0.05, 0.1) is 5.69 Å². The van der Waals surface area contributed by atoms with Crippen LogP contribution in [0.2, 0.25) is 0 Å². The number of aromatic nitrogens is 3. The average Bonchev–Trinajstić information content (AvgIpc) is 3.09. The zero-order valence-corrected chi connectivity index (χ0v) is 20.2. The number of fused-ring (bicyclic) bond motifs is 1. The van der Waals surface area contributed by atoms with Crippen LogP contribution in [0.1, 0.15) is 59.8 Å². The third-order valence-corrected chi connectivity index (χ3v) is 6.15. The fraction of sp³-hybridized carbons (Fsp3) is 0.333. The quantitative estimate of drug-likeness (QED) is 0.366. The van der Waals surface area contributed by atoms with Crippen molar-refractivity contribution in [2.45, 2.75) is 60.4 Å². The van der Waals surface area contributed by atoms with Crippen LogP contribution in [0.5, 0.6) is 0 Å². The number of aliphatic hydroxyl groups excluding tert-OH is 1. The predicted octanol–water partition coefficient (Wildman–Crippen LogP) is 4.99. The Kier molecular flexibility index (Phi) is 6.23. The SMILES string of the molecule is Cc1cccc(-c2cc(C(O)NCc3c(C)cc(C)[nH]c3=O)c3c(C)cn(C(C)C)c3c2)n1. The van der Waals surface area contributed by atoms with E-state index in [2.05, 4.69) is 47.9 Å². The van der Waals surface area contributed by atoms with Crippen LogP contribution >= 0.6 is 0 Å². The molecule has 3 aromatic heterocycles. The first-order valence-corrected chi connectivity index (χ1v) is 11.4. The highest BCUT2D eigenvalue weighted by atomic mass is 16.3. The molecule has 0 aliphatic heterocycles. The highest BCUT2D eigenvalue weighted by Gasteiger charge is 2.20. The van der Waals surface area contributed by atoms with Gasteiger partial charge < -0.3 is 14.7 Å². The maximum absolute atomic E-state index is 12.4. The van der Waals surface area contributed by atoms with Gasteiger partial charge in [-0.25, -0.2) is 0 Å². The number of nitrogens with zero attached hydrogens (tertiary/aromatic N) is 2. The summed E-state index contributed by atoms with van der Waals surface area (Å²) < 4.78 is 2.23. The standard InChI is InChI=1S/C27H32N4O2/c1-15(2)31-14-17(4)25-21(11-20(12-24(25)31)23-9-7-8-18(5)29-23)26(32)28-13-22-16(3)10-19(6)30-27(22)33/h7-12,14-15,26,28,32H,13H2,1-6H3,(H,30,33). The van der Waals surface area contributed by atoms with Crippen molar-refractivity contribution >= 4 is 10.9 Å². The predicted molar refractivity (Wildman–Crippen MR) is 133 cm³/mol. The van der Waals surface area contributed by atoms with E-state index in [0.717, 1.165) is 50.2 Å². The maximum atomic E-state index is 12.4. The van der Waals surface area contributed by atoms with Gasteiger partial charge in [0.1, 0.15) is 6.23 Å². The molecule has 0 radical (unpaired) electrons. The molecule has 0 aliphatic rings. The number of aliphatic hydroxyl groups is 1. The minimum Gasteiger partial charge on any atom is -0.374 e. The van der Waals surface area contributed by atoms with Crippen molar-refractivity contribution < 1.29 is 5.11 Å². The maximum Gasteiger partial charge on any atom is 0.252 e. The number of H-pyrrole nitrogens is 1. The van der Waals surface area contributed by atoms with Crippen LogP contribution in [-0.2, 0) is 6.54 Å². The van der Waals surface area contributed by atoms with Crippen LogP contribution in [0.3, 0.4) is 0 Å². The lowest BCUT2D eigenvalue weighted by atomic mass is 9.99. The molecule has 1 atom stereocenters. The van der Waals surface area contributed by atoms with E-state index in [0.29, 0.717) is 5.56 Å². The summed E-state index contributed by atoms with van der Waals surface area (Å²) >= 11 is 0. The molecule has 1 aromatic carbocycles. The molecule has 3 heterocycles. The molecule has 0 aliphatic carbocycles. The number of rotatable bonds is 6. The molecule has 6 nitrogen and oxygen atoms in total. The molecule has 0 fully saturated rings. The van der Waals surface area contributed by atoms with Crippen molar-refractivity contribution in [3.05, 3.63) is 86.6 Å². The van der Waals surface area contributed by atoms with E-state index in [9.17, 15) is 9.90 Å². The fourth-order valence-electron chi connectivity index (χ4n) is 4.53. The largest absolute Gasteiger partial charge is 0.374 e. The molecule has 0 saturated carbocycles. The summed E-state index contributed by atoms with van der Waals surface area (Å²) in [6.45, 7) is 12.4. The minimum absolute atomic E-state index is 0.128. The van der Waals surface area contributed by atoms with E-state index in [1.807, 2.05) is 51.1 Å². The molecule has 4 rings (SSSR count). The van der Waals surface area contributed by atoms with E-state index < -0.39 is 6.23 Å². The summed E-state index contributed by atoms with van der Waals surface area (Å²) in [5, 5.41) is 15.5. The first-order valence-electron chi connectivity index (χ1n) is 11.4. The summed E-state index contributed by atoms with van der Waals surface area (Å²) in [5.41, 5.74) is 7.93. The zero-order chi connectivity index (χ0) is 23.9. The Morgan fingerprint density at radius 3 is 2.52 bits per heavy atom. The molecule has 6 heteroatoms. The van der Waals surface area contributed by atoms with Crippen LogP contribution in [-0.4, -0.2) is 19.6 Å². The van der Waals surface area contributed by atoms with Gasteiger partial charge >= 0.3 is 0 Å². The van der Waals surface area contributed by atoms with Crippen LogP contribution in [0, 0.1) is 27.7 Å². The molecule has 0 spiro atoms. The lowest BCUT2D eigenvalue weighted by Crippen LogP contribution is -2.26. The number of hydrogen-bond donors (Lipinski definition) is 3. The second kappa shape index (κ2) is 8.96. The Bertz CT molecular complexity index is 1380. The number of aryl methyl sites for hydroxylation is 4. The van der Waals surface area contributed by atoms with Crippen molar-refractivity contribution in [1.82, 2.24) is 19.9 Å². The number of nitrogens with one attached hydrogen (secondary N) is 2. The first-order chi connectivity index (χ1) is 15.7. The lowest BCUT2D eigenvalue weighted by Gasteiger charge is -2.18. The summed E-state index contributed by atoms with van der Waals surface area (Å²) in [7, 11) is 0. The van der Waals surface area contributed by atoms with E-state index in [1.165, 1.54) is 0 Å². The Balaban J connectivity index is 1.81. The van der Waals surface area contributed by atoms with Gasteiger partial charge in [0.2, 0.25) is 0 Å². The fourth-order valence-corrected chi connectivity index (χ4v) is 4.53. The van der Waals surface area contributed by atoms with Crippen molar-refractivity contribution in [3.63, 3.8) is 0 Å². The van der Waals surface area contributed by atoms with Gasteiger partial charge in [0.25, 0.3) is 5.56 Å². The molecule has 4 aromatic rings. The van der Waals surface area contributed by atoms with Gasteiger partial charge in [-0.1, -0.05) is 6.07 Å². The highest BCUT2D eigenvalue weighted by molar-refractivity contribution is 5.91. The van der Waals surface area contributed by atoms with E-state index in [1.54, 1.807) is 0 Å². The second-order valence-electron chi connectivity index (χ2n) is 9.16. The normalized spacial score (nSPS) is 12.6. The van der Waals surface area contributed by atoms with E-state index in [-0.39, 0.29) is 18.1 Å². The molecule has 33 heavy (non-hydrogen) atoms. The number of aromatic amines is 1. The van der Waals surface area contributed by atoms with Crippen molar-refractivity contribution in [2.24, 2.45) is 0 Å². The smallest absolute Gasteiger partial charge is 0.252 e. The molecule has 172 valence electrons. The molecular weight excluding hydrogens is 412 g/mol. The van der Waals surface area contributed by atoms with Crippen LogP contribution < -0.4 is 10.9 Å². The monoisotopic (exact) mass is 444 g/mol. The van der Waals surface area contributed by atoms with Gasteiger partial charge in [-0.05, 0) is 83.0 Å². The van der Waals surface area contributed by atoms with Gasteiger partial charge in [0.15, 0.2) is 0 Å². The number of pyridine rings is 2. The van der Waals surface area contributed by atoms with Gasteiger partial charge in [-0.2, -0.15) is 0 Å². The molecular formula is C27H32N4O2. The van der Waals surface area contributed by atoms with Crippen molar-refractivity contribution in [1.29, 1.82) is 0 Å². The van der Waals surface area contributed by atoms with Crippen molar-refractivity contribution in [2.75, 3.05) is 0 Å². The Hall–Kier alpha value is -3.22. The summed E-state index contributed by atoms with van der Waals surface area (Å²) in [6.07, 6.45) is 1.19. The summed E-state index contributed by atoms with van der Waals surface area (Å²) in [4.78, 5) is 20.0. The molecule has 3 N–H and O–H groups in total. The Morgan fingerprint density at radius 2 is 1.85 bits per heavy atom.